The van der Waals surface area contributed by atoms with Crippen LogP contribution in [0.4, 0.5) is 10.6 Å². The quantitative estimate of drug-likeness (QED) is 0.803. The average molecular weight is 390 g/mol. The molecule has 0 saturated carbocycles. The molecule has 2 saturated heterocycles. The van der Waals surface area contributed by atoms with Gasteiger partial charge in [-0.15, -0.1) is 0 Å². The van der Waals surface area contributed by atoms with Crippen molar-refractivity contribution in [2.45, 2.75) is 45.1 Å². The molecule has 2 aliphatic heterocycles. The molecular formula is C20H31N5O3. The predicted octanol–water partition coefficient (Wildman–Crippen LogP) is 2.36. The number of hydrogen-bond donors (Lipinski definition) is 1. The minimum atomic E-state index is -0.480. The number of ether oxygens (including phenoxy) is 1. The lowest BCUT2D eigenvalue weighted by Gasteiger charge is -2.35. The third kappa shape index (κ3) is 4.85. The van der Waals surface area contributed by atoms with Crippen LogP contribution in [0.25, 0.3) is 0 Å². The number of carbonyl (C=O) groups is 2. The maximum atomic E-state index is 12.2. The van der Waals surface area contributed by atoms with Crippen molar-refractivity contribution in [3.8, 4) is 0 Å². The monoisotopic (exact) mass is 389 g/mol. The molecule has 2 fully saturated rings. The zero-order valence-corrected chi connectivity index (χ0v) is 17.1. The van der Waals surface area contributed by atoms with Crippen molar-refractivity contribution in [3.05, 3.63) is 24.4 Å². The van der Waals surface area contributed by atoms with Crippen LogP contribution in [0.1, 0.15) is 45.2 Å². The summed E-state index contributed by atoms with van der Waals surface area (Å²) in [4.78, 5) is 29.9. The summed E-state index contributed by atoms with van der Waals surface area (Å²) >= 11 is 0. The lowest BCUT2D eigenvalue weighted by Crippen LogP contribution is -2.50. The van der Waals surface area contributed by atoms with Crippen LogP contribution in [-0.2, 0) is 9.53 Å². The number of H-pyrrole nitrogens is 1. The molecule has 28 heavy (non-hydrogen) atoms. The van der Waals surface area contributed by atoms with Crippen LogP contribution in [0.3, 0.4) is 0 Å². The highest BCUT2D eigenvalue weighted by Gasteiger charge is 2.28. The van der Waals surface area contributed by atoms with E-state index in [1.54, 1.807) is 4.90 Å². The summed E-state index contributed by atoms with van der Waals surface area (Å²) in [6.45, 7) is 13.4. The van der Waals surface area contributed by atoms with Gasteiger partial charge in [0.25, 0.3) is 0 Å². The molecule has 1 unspecified atom stereocenters. The van der Waals surface area contributed by atoms with E-state index in [1.165, 1.54) is 6.08 Å². The molecule has 1 N–H and O–H groups in total. The highest BCUT2D eigenvalue weighted by molar-refractivity contribution is 5.87. The summed E-state index contributed by atoms with van der Waals surface area (Å²) in [5.41, 5.74) is 0.581. The Morgan fingerprint density at radius 2 is 1.93 bits per heavy atom. The van der Waals surface area contributed by atoms with Gasteiger partial charge >= 0.3 is 6.09 Å². The molecule has 0 aliphatic carbocycles. The first-order chi connectivity index (χ1) is 13.3. The molecule has 1 atom stereocenters. The van der Waals surface area contributed by atoms with Gasteiger partial charge in [0.1, 0.15) is 5.60 Å². The van der Waals surface area contributed by atoms with Crippen molar-refractivity contribution >= 4 is 17.8 Å². The summed E-state index contributed by atoms with van der Waals surface area (Å²) in [6, 6.07) is 2.08. The second-order valence-corrected chi connectivity index (χ2v) is 8.46. The number of likely N-dealkylation sites (tertiary alicyclic amines) is 1. The van der Waals surface area contributed by atoms with Gasteiger partial charge in [0.05, 0.1) is 0 Å². The van der Waals surface area contributed by atoms with Crippen LogP contribution in [-0.4, -0.2) is 76.9 Å². The van der Waals surface area contributed by atoms with Crippen LogP contribution in [0, 0.1) is 0 Å². The molecule has 0 bridgehead atoms. The Labute approximate surface area is 166 Å². The van der Waals surface area contributed by atoms with Crippen molar-refractivity contribution in [2.24, 2.45) is 0 Å². The lowest BCUT2D eigenvalue weighted by molar-refractivity contribution is -0.127. The van der Waals surface area contributed by atoms with Crippen LogP contribution in [0.15, 0.2) is 18.7 Å². The fourth-order valence-corrected chi connectivity index (χ4v) is 3.70. The average Bonchev–Trinajstić information content (AvgIpc) is 3.16. The summed E-state index contributed by atoms with van der Waals surface area (Å²) in [6.07, 6.45) is 3.14. The van der Waals surface area contributed by atoms with E-state index in [0.717, 1.165) is 44.0 Å². The number of hydrogen-bond acceptors (Lipinski definition) is 5. The molecule has 8 nitrogen and oxygen atoms in total. The maximum absolute atomic E-state index is 12.2. The van der Waals surface area contributed by atoms with E-state index in [2.05, 4.69) is 27.7 Å². The van der Waals surface area contributed by atoms with Gasteiger partial charge < -0.3 is 19.4 Å². The van der Waals surface area contributed by atoms with E-state index in [9.17, 15) is 9.59 Å². The smallest absolute Gasteiger partial charge is 0.410 e. The Morgan fingerprint density at radius 1 is 1.21 bits per heavy atom. The zero-order valence-electron chi connectivity index (χ0n) is 17.1. The van der Waals surface area contributed by atoms with Crippen molar-refractivity contribution in [1.29, 1.82) is 0 Å². The van der Waals surface area contributed by atoms with Crippen molar-refractivity contribution < 1.29 is 14.3 Å². The second kappa shape index (κ2) is 8.24. The van der Waals surface area contributed by atoms with Gasteiger partial charge in [-0.05, 0) is 39.7 Å². The molecule has 0 spiro atoms. The Hall–Kier alpha value is -2.51. The number of nitrogens with one attached hydrogen (secondary N) is 1. The number of piperazine rings is 1. The molecule has 2 amide bonds. The molecule has 1 aromatic rings. The van der Waals surface area contributed by atoms with Gasteiger partial charge in [0.2, 0.25) is 5.91 Å². The molecule has 3 heterocycles. The van der Waals surface area contributed by atoms with E-state index >= 15 is 0 Å². The van der Waals surface area contributed by atoms with Crippen LogP contribution in [0.5, 0.6) is 0 Å². The number of anilines is 1. The summed E-state index contributed by atoms with van der Waals surface area (Å²) in [5.74, 6) is 1.15. The fourth-order valence-electron chi connectivity index (χ4n) is 3.70. The summed E-state index contributed by atoms with van der Waals surface area (Å²) < 4.78 is 5.45. The van der Waals surface area contributed by atoms with Crippen LogP contribution >= 0.6 is 0 Å². The highest BCUT2D eigenvalue weighted by Crippen LogP contribution is 2.28. The number of amides is 2. The van der Waals surface area contributed by atoms with Gasteiger partial charge in [-0.3, -0.25) is 9.89 Å². The number of rotatable bonds is 3. The van der Waals surface area contributed by atoms with Gasteiger partial charge in [-0.2, -0.15) is 5.10 Å². The van der Waals surface area contributed by atoms with E-state index in [-0.39, 0.29) is 17.9 Å². The second-order valence-electron chi connectivity index (χ2n) is 8.46. The first-order valence-electron chi connectivity index (χ1n) is 9.96. The van der Waals surface area contributed by atoms with Crippen LogP contribution < -0.4 is 4.90 Å². The van der Waals surface area contributed by atoms with Gasteiger partial charge in [0, 0.05) is 56.9 Å². The summed E-state index contributed by atoms with van der Waals surface area (Å²) in [5, 5.41) is 7.63. The topological polar surface area (TPSA) is 81.8 Å². The standard InChI is InChI=1S/C20H31N5O3/c1-5-18(26)25-8-6-7-15(14-25)16-13-17(22-21-16)23-9-11-24(12-10-23)19(27)28-20(2,3)4/h5,13,15H,1,6-12,14H2,2-4H3,(H,21,22). The third-order valence-electron chi connectivity index (χ3n) is 5.19. The van der Waals surface area contributed by atoms with Gasteiger partial charge in [-0.1, -0.05) is 6.58 Å². The molecule has 1 aromatic heterocycles. The number of carbonyl (C=O) groups excluding carboxylic acids is 2. The van der Waals surface area contributed by atoms with Crippen molar-refractivity contribution in [3.63, 3.8) is 0 Å². The minimum Gasteiger partial charge on any atom is -0.444 e. The maximum Gasteiger partial charge on any atom is 0.410 e. The Bertz CT molecular complexity index is 716. The molecule has 8 heteroatoms. The largest absolute Gasteiger partial charge is 0.444 e. The first kappa shape index (κ1) is 20.2. The summed E-state index contributed by atoms with van der Waals surface area (Å²) in [7, 11) is 0. The molecule has 0 aromatic carbocycles. The van der Waals surface area contributed by atoms with Crippen molar-refractivity contribution in [2.75, 3.05) is 44.2 Å². The van der Waals surface area contributed by atoms with E-state index < -0.39 is 5.60 Å². The van der Waals surface area contributed by atoms with Crippen LogP contribution in [0.2, 0.25) is 0 Å². The van der Waals surface area contributed by atoms with E-state index in [1.807, 2.05) is 25.7 Å². The molecule has 2 aliphatic rings. The third-order valence-corrected chi connectivity index (χ3v) is 5.19. The number of aromatic amines is 1. The van der Waals surface area contributed by atoms with E-state index in [0.29, 0.717) is 19.6 Å². The Kier molecular flexibility index (Phi) is 5.96. The SMILES string of the molecule is C=CC(=O)N1CCCC(c2cc(N3CCN(C(=O)OC(C)(C)C)CC3)n[nH]2)C1. The number of piperidine rings is 1. The Morgan fingerprint density at radius 3 is 2.57 bits per heavy atom. The number of aromatic nitrogens is 2. The first-order valence-corrected chi connectivity index (χ1v) is 9.96. The van der Waals surface area contributed by atoms with Gasteiger partial charge in [0.15, 0.2) is 5.82 Å². The number of nitrogens with zero attached hydrogens (tertiary/aromatic N) is 4. The Balaban J connectivity index is 1.56. The molecule has 3 rings (SSSR count). The van der Waals surface area contributed by atoms with Crippen molar-refractivity contribution in [1.82, 2.24) is 20.0 Å². The molecule has 154 valence electrons. The highest BCUT2D eigenvalue weighted by atomic mass is 16.6. The molecule has 0 radical (unpaired) electrons. The molecular weight excluding hydrogens is 358 g/mol. The van der Waals surface area contributed by atoms with E-state index in [4.69, 9.17) is 4.74 Å². The lowest BCUT2D eigenvalue weighted by atomic mass is 9.95. The van der Waals surface area contributed by atoms with Gasteiger partial charge in [-0.25, -0.2) is 4.79 Å². The predicted molar refractivity (Wildman–Crippen MR) is 107 cm³/mol. The fraction of sp³-hybridized carbons (Fsp3) is 0.650. The normalized spacial score (nSPS) is 20.8. The minimum absolute atomic E-state index is 0.0114. The zero-order chi connectivity index (χ0) is 20.3.